The van der Waals surface area contributed by atoms with Crippen LogP contribution in [0.25, 0.3) is 0 Å². The minimum atomic E-state index is -3.44. The van der Waals surface area contributed by atoms with Crippen molar-refractivity contribution in [3.05, 3.63) is 190 Å². The first-order valence-electron chi connectivity index (χ1n) is 19.0. The summed E-state index contributed by atoms with van der Waals surface area (Å²) in [6.07, 6.45) is 0. The van der Waals surface area contributed by atoms with Crippen molar-refractivity contribution in [2.24, 2.45) is 0 Å². The Hall–Kier alpha value is -5.05. The number of aryl methyl sites for hydroxylation is 8. The molecule has 0 radical (unpaired) electrons. The van der Waals surface area contributed by atoms with Crippen LogP contribution < -0.4 is 38.9 Å². The van der Waals surface area contributed by atoms with Gasteiger partial charge in [0.2, 0.25) is 0 Å². The molecule has 1 heterocycles. The van der Waals surface area contributed by atoms with Gasteiger partial charge in [-0.25, -0.2) is 0 Å². The van der Waals surface area contributed by atoms with E-state index in [4.69, 9.17) is 0 Å². The maximum atomic E-state index is 2.56. The number of rotatable bonds is 6. The molecule has 0 amide bonds. The Bertz CT molecular complexity index is 2280. The van der Waals surface area contributed by atoms with Crippen molar-refractivity contribution < 1.29 is 0 Å². The molecule has 0 saturated carbocycles. The zero-order chi connectivity index (χ0) is 37.0. The summed E-state index contributed by atoms with van der Waals surface area (Å²) in [6.45, 7) is 18.5. The SMILES string of the molecule is Cc1cc(C)c(B(c2c(C)cc(C)cc2C)c2c(C)cc(N3c4cccc[c]4[Ge]([c]4ccccc4)([c]4ccccc4)[c]4ccccc43)cc2C)c(C)c1. The quantitative estimate of drug-likeness (QED) is 0.157. The third-order valence-corrected chi connectivity index (χ3v) is 21.9. The number of anilines is 3. The van der Waals surface area contributed by atoms with Gasteiger partial charge in [0.15, 0.2) is 0 Å². The Labute approximate surface area is 319 Å². The Morgan fingerprint density at radius 1 is 0.377 bits per heavy atom. The van der Waals surface area contributed by atoms with Gasteiger partial charge in [0, 0.05) is 0 Å². The minimum absolute atomic E-state index is 0.130. The van der Waals surface area contributed by atoms with E-state index in [1.807, 2.05) is 0 Å². The van der Waals surface area contributed by atoms with Crippen LogP contribution in [0.15, 0.2) is 146 Å². The van der Waals surface area contributed by atoms with Gasteiger partial charge in [-0.15, -0.1) is 0 Å². The zero-order valence-electron chi connectivity index (χ0n) is 32.4. The molecule has 7 aromatic rings. The van der Waals surface area contributed by atoms with Crippen molar-refractivity contribution >= 4 is 71.0 Å². The molecule has 3 heteroatoms. The zero-order valence-corrected chi connectivity index (χ0v) is 34.5. The van der Waals surface area contributed by atoms with Crippen LogP contribution >= 0.6 is 0 Å². The fourth-order valence-corrected chi connectivity index (χ4v) is 20.7. The van der Waals surface area contributed by atoms with Crippen LogP contribution in [0.3, 0.4) is 0 Å². The van der Waals surface area contributed by atoms with E-state index in [9.17, 15) is 0 Å². The predicted octanol–water partition coefficient (Wildman–Crippen LogP) is 7.83. The first-order chi connectivity index (χ1) is 25.6. The molecule has 1 nitrogen and oxygen atoms in total. The first-order valence-corrected chi connectivity index (χ1v) is 23.2. The molecule has 1 aliphatic rings. The van der Waals surface area contributed by atoms with Gasteiger partial charge in [-0.2, -0.15) is 0 Å². The van der Waals surface area contributed by atoms with Gasteiger partial charge >= 0.3 is 308 Å². The van der Waals surface area contributed by atoms with E-state index in [2.05, 4.69) is 206 Å². The summed E-state index contributed by atoms with van der Waals surface area (Å²) >= 11 is -3.44. The molecule has 0 unspecified atom stereocenters. The molecular weight excluding hydrogens is 698 g/mol. The van der Waals surface area contributed by atoms with Crippen LogP contribution in [-0.4, -0.2) is 20.0 Å². The molecule has 1 aliphatic heterocycles. The molecule has 8 rings (SSSR count). The Balaban J connectivity index is 1.39. The topological polar surface area (TPSA) is 3.24 Å². The third-order valence-electron chi connectivity index (χ3n) is 11.7. The average molecular weight is 746 g/mol. The van der Waals surface area contributed by atoms with Gasteiger partial charge in [-0.05, 0) is 13.8 Å². The van der Waals surface area contributed by atoms with Crippen LogP contribution in [0.5, 0.6) is 0 Å². The van der Waals surface area contributed by atoms with E-state index in [1.165, 1.54) is 95.5 Å². The number of fused-ring (bicyclic) bond motifs is 2. The monoisotopic (exact) mass is 747 g/mol. The number of para-hydroxylation sites is 2. The molecular formula is C50H48BGeN. The van der Waals surface area contributed by atoms with Crippen molar-refractivity contribution in [3.63, 3.8) is 0 Å². The summed E-state index contributed by atoms with van der Waals surface area (Å²) in [7, 11) is 0. The summed E-state index contributed by atoms with van der Waals surface area (Å²) in [5.41, 5.74) is 18.8. The molecule has 0 bridgehead atoms. The third kappa shape index (κ3) is 5.70. The Morgan fingerprint density at radius 2 is 0.698 bits per heavy atom. The molecule has 0 spiro atoms. The normalized spacial score (nSPS) is 13.0. The second-order valence-corrected chi connectivity index (χ2v) is 23.2. The molecule has 0 saturated heterocycles. The molecule has 0 aliphatic carbocycles. The number of nitrogens with zero attached hydrogens (tertiary/aromatic N) is 1. The number of benzene rings is 7. The fourth-order valence-electron chi connectivity index (χ4n) is 9.95. The molecule has 0 atom stereocenters. The Kier molecular flexibility index (Phi) is 9.07. The fraction of sp³-hybridized carbons (Fsp3) is 0.160. The van der Waals surface area contributed by atoms with Gasteiger partial charge < -0.3 is 0 Å². The molecule has 0 aromatic heterocycles. The van der Waals surface area contributed by atoms with Crippen LogP contribution in [0, 0.1) is 55.4 Å². The van der Waals surface area contributed by atoms with Crippen molar-refractivity contribution in [1.29, 1.82) is 0 Å². The van der Waals surface area contributed by atoms with E-state index in [0.717, 1.165) is 0 Å². The van der Waals surface area contributed by atoms with Crippen LogP contribution in [-0.2, 0) is 0 Å². The van der Waals surface area contributed by atoms with Crippen molar-refractivity contribution in [3.8, 4) is 0 Å². The predicted molar refractivity (Wildman–Crippen MR) is 234 cm³/mol. The van der Waals surface area contributed by atoms with Crippen molar-refractivity contribution in [2.75, 3.05) is 4.90 Å². The van der Waals surface area contributed by atoms with E-state index in [0.29, 0.717) is 0 Å². The van der Waals surface area contributed by atoms with Crippen molar-refractivity contribution in [2.45, 2.75) is 55.4 Å². The van der Waals surface area contributed by atoms with Gasteiger partial charge in [0.05, 0.1) is 0 Å². The maximum absolute atomic E-state index is 3.44. The van der Waals surface area contributed by atoms with Gasteiger partial charge in [0.1, 0.15) is 0 Å². The summed E-state index contributed by atoms with van der Waals surface area (Å²) in [5, 5.41) is 0. The standard InChI is InChI=1S/C50H48BGeN/c1-33-27-35(3)48(36(4)28-33)51(49-37(5)29-34(2)30-38(49)6)50-39(7)31-43(32-40(50)8)53-46-25-17-15-23-44(46)52(41-19-11-9-12-20-41,42-21-13-10-14-22-42)45-24-16-18-26-47(45)53/h9-32H,1-8H3. The number of hydrogen-bond acceptors (Lipinski definition) is 1. The molecule has 7 aromatic carbocycles. The van der Waals surface area contributed by atoms with E-state index >= 15 is 0 Å². The van der Waals surface area contributed by atoms with E-state index in [1.54, 1.807) is 0 Å². The molecule has 53 heavy (non-hydrogen) atoms. The van der Waals surface area contributed by atoms with E-state index < -0.39 is 13.3 Å². The summed E-state index contributed by atoms with van der Waals surface area (Å²) in [5.74, 6) is 0. The van der Waals surface area contributed by atoms with Crippen LogP contribution in [0.2, 0.25) is 0 Å². The summed E-state index contributed by atoms with van der Waals surface area (Å²) < 4.78 is 5.85. The van der Waals surface area contributed by atoms with E-state index in [-0.39, 0.29) is 6.71 Å². The number of hydrogen-bond donors (Lipinski definition) is 0. The van der Waals surface area contributed by atoms with Gasteiger partial charge in [0.25, 0.3) is 0 Å². The summed E-state index contributed by atoms with van der Waals surface area (Å²) in [4.78, 5) is 2.56. The van der Waals surface area contributed by atoms with Crippen LogP contribution in [0.1, 0.15) is 44.5 Å². The second kappa shape index (κ2) is 13.7. The van der Waals surface area contributed by atoms with Crippen LogP contribution in [0.4, 0.5) is 17.1 Å². The van der Waals surface area contributed by atoms with Gasteiger partial charge in [-0.1, -0.05) is 0 Å². The Morgan fingerprint density at radius 3 is 1.08 bits per heavy atom. The molecule has 0 N–H and O–H groups in total. The molecule has 260 valence electrons. The average Bonchev–Trinajstić information content (AvgIpc) is 3.13. The second-order valence-electron chi connectivity index (χ2n) is 15.4. The van der Waals surface area contributed by atoms with Gasteiger partial charge in [-0.3, -0.25) is 0 Å². The van der Waals surface area contributed by atoms with Crippen molar-refractivity contribution in [1.82, 2.24) is 0 Å². The first kappa shape index (κ1) is 35.0. The summed E-state index contributed by atoms with van der Waals surface area (Å²) in [6, 6.07) is 55.6. The molecule has 0 fully saturated rings.